The molecule has 1 saturated heterocycles. The molecule has 0 amide bonds. The van der Waals surface area contributed by atoms with E-state index in [4.69, 9.17) is 33.1 Å². The lowest BCUT2D eigenvalue weighted by atomic mass is 9.61. The lowest BCUT2D eigenvalue weighted by Crippen LogP contribution is -2.47. The van der Waals surface area contributed by atoms with E-state index < -0.39 is 58.6 Å². The van der Waals surface area contributed by atoms with E-state index in [-0.39, 0.29) is 34.2 Å². The SMILES string of the molecule is N#CC1(c2ccc(Cl)cc2F)C(CC2(CO)CC=CCC2)NC(C(=O)O)C1c1cccc(Cl)c1F.O=C(O)C(F)(F)F. The number of aliphatic hydroxyl groups excluding tert-OH is 1. The number of aliphatic hydroxyl groups is 1. The molecule has 226 valence electrons. The molecular weight excluding hydrogens is 610 g/mol. The van der Waals surface area contributed by atoms with Gasteiger partial charge in [0, 0.05) is 29.2 Å². The van der Waals surface area contributed by atoms with Gasteiger partial charge in [0.2, 0.25) is 0 Å². The van der Waals surface area contributed by atoms with Gasteiger partial charge in [-0.3, -0.25) is 10.1 Å². The van der Waals surface area contributed by atoms with Gasteiger partial charge in [-0.05, 0) is 54.9 Å². The Labute approximate surface area is 247 Å². The zero-order valence-corrected chi connectivity index (χ0v) is 23.1. The summed E-state index contributed by atoms with van der Waals surface area (Å²) in [5.74, 6) is -7.05. The topological polar surface area (TPSA) is 131 Å². The Morgan fingerprint density at radius 2 is 1.79 bits per heavy atom. The van der Waals surface area contributed by atoms with Crippen LogP contribution in [0.5, 0.6) is 0 Å². The molecule has 0 saturated carbocycles. The second kappa shape index (κ2) is 13.0. The number of rotatable bonds is 6. The zero-order chi connectivity index (χ0) is 31.5. The van der Waals surface area contributed by atoms with Gasteiger partial charge < -0.3 is 15.3 Å². The van der Waals surface area contributed by atoms with E-state index in [1.165, 1.54) is 30.3 Å². The Kier molecular flexibility index (Phi) is 10.3. The number of nitrogens with zero attached hydrogens (tertiary/aromatic N) is 1. The smallest absolute Gasteiger partial charge is 0.480 e. The molecule has 2 aromatic carbocycles. The maximum atomic E-state index is 15.5. The number of carboxylic acids is 2. The Morgan fingerprint density at radius 1 is 1.12 bits per heavy atom. The summed E-state index contributed by atoms with van der Waals surface area (Å²) in [6.07, 6.45) is 0.852. The minimum Gasteiger partial charge on any atom is -0.480 e. The van der Waals surface area contributed by atoms with Gasteiger partial charge in [-0.2, -0.15) is 18.4 Å². The van der Waals surface area contributed by atoms with Crippen molar-refractivity contribution >= 4 is 35.1 Å². The summed E-state index contributed by atoms with van der Waals surface area (Å²) in [4.78, 5) is 21.3. The van der Waals surface area contributed by atoms with Crippen LogP contribution >= 0.6 is 23.2 Å². The molecule has 0 radical (unpaired) electrons. The number of hydrogen-bond acceptors (Lipinski definition) is 5. The largest absolute Gasteiger partial charge is 0.490 e. The average molecular weight is 635 g/mol. The maximum absolute atomic E-state index is 15.5. The highest BCUT2D eigenvalue weighted by molar-refractivity contribution is 6.31. The van der Waals surface area contributed by atoms with Crippen LogP contribution in [-0.4, -0.2) is 52.1 Å². The Morgan fingerprint density at radius 3 is 2.29 bits per heavy atom. The molecular formula is C28H25Cl2F5N2O5. The molecule has 42 heavy (non-hydrogen) atoms. The lowest BCUT2D eigenvalue weighted by molar-refractivity contribution is -0.192. The molecule has 1 heterocycles. The molecule has 4 N–H and O–H groups in total. The van der Waals surface area contributed by atoms with Crippen LogP contribution in [0.25, 0.3) is 0 Å². The van der Waals surface area contributed by atoms with Crippen molar-refractivity contribution in [2.45, 2.75) is 55.3 Å². The molecule has 1 aliphatic carbocycles. The van der Waals surface area contributed by atoms with Crippen LogP contribution in [0.1, 0.15) is 42.7 Å². The molecule has 2 aliphatic rings. The second-order valence-corrected chi connectivity index (χ2v) is 11.0. The van der Waals surface area contributed by atoms with Gasteiger partial charge in [0.05, 0.1) is 11.1 Å². The fourth-order valence-corrected chi connectivity index (χ4v) is 6.04. The number of nitriles is 1. The van der Waals surface area contributed by atoms with Gasteiger partial charge in [0.25, 0.3) is 0 Å². The number of nitrogens with one attached hydrogen (secondary N) is 1. The van der Waals surface area contributed by atoms with Crippen molar-refractivity contribution in [3.05, 3.63) is 81.4 Å². The highest BCUT2D eigenvalue weighted by Gasteiger charge is 2.62. The van der Waals surface area contributed by atoms with Crippen molar-refractivity contribution in [3.8, 4) is 6.07 Å². The van der Waals surface area contributed by atoms with Crippen LogP contribution in [0.4, 0.5) is 22.0 Å². The fraction of sp³-hybridized carbons (Fsp3) is 0.393. The first-order valence-electron chi connectivity index (χ1n) is 12.5. The number of allylic oxidation sites excluding steroid dienone is 2. The lowest BCUT2D eigenvalue weighted by Gasteiger charge is -2.41. The average Bonchev–Trinajstić information content (AvgIpc) is 3.25. The monoisotopic (exact) mass is 634 g/mol. The third-order valence-corrected chi connectivity index (χ3v) is 8.20. The van der Waals surface area contributed by atoms with Gasteiger partial charge in [-0.1, -0.05) is 53.6 Å². The summed E-state index contributed by atoms with van der Waals surface area (Å²) in [5.41, 5.74) is -2.68. The number of carboxylic acid groups (broad SMARTS) is 2. The molecule has 4 rings (SSSR count). The standard InChI is InChI=1S/C26H24Cl2F2N2O3.C2HF3O2/c27-15-7-8-17(19(29)11-15)26(13-31)20(12-25(14-33)9-2-1-3-10-25)32-23(24(34)35)21(26)16-5-4-6-18(28)22(16)30;3-2(4,5)1(6)7/h1-2,4-8,11,20-21,23,32-33H,3,9-10,12,14H2,(H,34,35);(H,6,7). The minimum absolute atomic E-state index is 0.0885. The third kappa shape index (κ3) is 6.54. The van der Waals surface area contributed by atoms with Crippen molar-refractivity contribution < 1.29 is 46.9 Å². The molecule has 14 heteroatoms. The van der Waals surface area contributed by atoms with E-state index >= 15 is 8.78 Å². The van der Waals surface area contributed by atoms with Crippen LogP contribution in [0.3, 0.4) is 0 Å². The Balaban J connectivity index is 0.000000616. The van der Waals surface area contributed by atoms with Crippen molar-refractivity contribution in [1.29, 1.82) is 5.26 Å². The summed E-state index contributed by atoms with van der Waals surface area (Å²) in [6, 6.07) is 7.83. The van der Waals surface area contributed by atoms with E-state index in [1.807, 2.05) is 12.2 Å². The number of benzene rings is 2. The van der Waals surface area contributed by atoms with E-state index in [0.717, 1.165) is 6.07 Å². The second-order valence-electron chi connectivity index (χ2n) is 10.1. The van der Waals surface area contributed by atoms with Gasteiger partial charge in [-0.25, -0.2) is 13.6 Å². The number of aliphatic carboxylic acids is 2. The summed E-state index contributed by atoms with van der Waals surface area (Å²) < 4.78 is 62.6. The van der Waals surface area contributed by atoms with Crippen LogP contribution in [0.15, 0.2) is 48.6 Å². The van der Waals surface area contributed by atoms with Crippen LogP contribution in [0, 0.1) is 28.4 Å². The van der Waals surface area contributed by atoms with Crippen molar-refractivity contribution in [1.82, 2.24) is 5.32 Å². The Bertz CT molecular complexity index is 1420. The van der Waals surface area contributed by atoms with Gasteiger partial charge in [0.1, 0.15) is 23.1 Å². The summed E-state index contributed by atoms with van der Waals surface area (Å²) in [6.45, 7) is -0.200. The van der Waals surface area contributed by atoms with Gasteiger partial charge in [0.15, 0.2) is 0 Å². The molecule has 0 spiro atoms. The number of alkyl halides is 3. The number of halogens is 7. The van der Waals surface area contributed by atoms with Crippen LogP contribution in [0.2, 0.25) is 10.0 Å². The molecule has 5 unspecified atom stereocenters. The summed E-state index contributed by atoms with van der Waals surface area (Å²) >= 11 is 12.0. The predicted molar refractivity (Wildman–Crippen MR) is 142 cm³/mol. The molecule has 1 aliphatic heterocycles. The molecule has 5 atom stereocenters. The summed E-state index contributed by atoms with van der Waals surface area (Å²) in [5, 5.41) is 41.1. The van der Waals surface area contributed by atoms with Gasteiger partial charge >= 0.3 is 18.1 Å². The number of carbonyl (C=O) groups is 2. The van der Waals surface area contributed by atoms with Crippen LogP contribution < -0.4 is 5.32 Å². The van der Waals surface area contributed by atoms with Crippen molar-refractivity contribution in [2.24, 2.45) is 5.41 Å². The first kappa shape index (κ1) is 33.3. The normalized spacial score (nSPS) is 27.1. The van der Waals surface area contributed by atoms with Crippen molar-refractivity contribution in [3.63, 3.8) is 0 Å². The molecule has 7 nitrogen and oxygen atoms in total. The van der Waals surface area contributed by atoms with E-state index in [2.05, 4.69) is 11.4 Å². The van der Waals surface area contributed by atoms with Gasteiger partial charge in [-0.15, -0.1) is 0 Å². The highest BCUT2D eigenvalue weighted by atomic mass is 35.5. The predicted octanol–water partition coefficient (Wildman–Crippen LogP) is 5.98. The first-order valence-corrected chi connectivity index (χ1v) is 13.2. The quantitative estimate of drug-likeness (QED) is 0.227. The molecule has 1 fully saturated rings. The highest BCUT2D eigenvalue weighted by Crippen LogP contribution is 2.54. The van der Waals surface area contributed by atoms with E-state index in [9.17, 15) is 33.4 Å². The van der Waals surface area contributed by atoms with E-state index in [1.54, 1.807) is 0 Å². The Hall–Kier alpha value is -3.24. The van der Waals surface area contributed by atoms with Crippen LogP contribution in [-0.2, 0) is 15.0 Å². The molecule has 0 bridgehead atoms. The van der Waals surface area contributed by atoms with Crippen molar-refractivity contribution in [2.75, 3.05) is 6.61 Å². The molecule has 0 aromatic heterocycles. The zero-order valence-electron chi connectivity index (χ0n) is 21.6. The minimum atomic E-state index is -5.08. The molecule has 2 aromatic rings. The number of hydrogen-bond donors (Lipinski definition) is 4. The first-order chi connectivity index (χ1) is 19.6. The van der Waals surface area contributed by atoms with E-state index in [0.29, 0.717) is 19.3 Å². The summed E-state index contributed by atoms with van der Waals surface area (Å²) in [7, 11) is 0. The maximum Gasteiger partial charge on any atom is 0.490 e. The third-order valence-electron chi connectivity index (χ3n) is 7.67. The fourth-order valence-electron chi connectivity index (χ4n) is 5.70.